The van der Waals surface area contributed by atoms with E-state index in [2.05, 4.69) is 5.32 Å². The third kappa shape index (κ3) is 4.68. The summed E-state index contributed by atoms with van der Waals surface area (Å²) in [5.74, 6) is 0.168. The van der Waals surface area contributed by atoms with Crippen molar-refractivity contribution in [2.75, 3.05) is 25.5 Å². The number of fused-ring (bicyclic) bond motifs is 1. The normalized spacial score (nSPS) is 23.9. The molecule has 0 radical (unpaired) electrons. The minimum Gasteiger partial charge on any atom is -0.492 e. The molecule has 2 amide bonds. The molecule has 0 unspecified atom stereocenters. The third-order valence-electron chi connectivity index (χ3n) is 4.57. The average Bonchev–Trinajstić information content (AvgIpc) is 3.14. The first kappa shape index (κ1) is 19.8. The Bertz CT molecular complexity index is 729. The predicted molar refractivity (Wildman–Crippen MR) is 102 cm³/mol. The summed E-state index contributed by atoms with van der Waals surface area (Å²) in [6.45, 7) is 2.14. The Hall–Kier alpha value is -1.93. The molecule has 1 N–H and O–H groups in total. The zero-order valence-corrected chi connectivity index (χ0v) is 16.5. The summed E-state index contributed by atoms with van der Waals surface area (Å²) in [4.78, 5) is 37.4. The number of halogens is 1. The molecule has 2 aliphatic rings. The number of hydrogen-bond acceptors (Lipinski definition) is 6. The van der Waals surface area contributed by atoms with E-state index in [1.165, 1.54) is 0 Å². The largest absolute Gasteiger partial charge is 0.492 e. The summed E-state index contributed by atoms with van der Waals surface area (Å²) in [5, 5.41) is 3.24. The fourth-order valence-electron chi connectivity index (χ4n) is 3.17. The van der Waals surface area contributed by atoms with Crippen LogP contribution in [0.3, 0.4) is 0 Å². The quantitative estimate of drug-likeness (QED) is 0.543. The summed E-state index contributed by atoms with van der Waals surface area (Å²) in [7, 11) is 0. The molecule has 3 rings (SSSR count). The van der Waals surface area contributed by atoms with Crippen LogP contribution >= 0.6 is 23.4 Å². The number of amides is 2. The van der Waals surface area contributed by atoms with Gasteiger partial charge in [-0.25, -0.2) is 4.79 Å². The molecule has 1 aromatic carbocycles. The lowest BCUT2D eigenvalue weighted by molar-refractivity contribution is -0.156. The van der Waals surface area contributed by atoms with Crippen LogP contribution < -0.4 is 10.1 Å². The van der Waals surface area contributed by atoms with Gasteiger partial charge >= 0.3 is 5.97 Å². The molecule has 9 heteroatoms. The highest BCUT2D eigenvalue weighted by atomic mass is 35.5. The van der Waals surface area contributed by atoms with Crippen LogP contribution in [0.2, 0.25) is 5.02 Å². The fraction of sp³-hybridized carbons (Fsp3) is 0.500. The van der Waals surface area contributed by atoms with Gasteiger partial charge in [0.1, 0.15) is 18.4 Å². The minimum atomic E-state index is -0.615. The number of carbonyl (C=O) groups excluding carboxylic acids is 3. The van der Waals surface area contributed by atoms with Crippen molar-refractivity contribution in [3.05, 3.63) is 29.3 Å². The van der Waals surface area contributed by atoms with E-state index < -0.39 is 17.9 Å². The Kier molecular flexibility index (Phi) is 6.16. The van der Waals surface area contributed by atoms with E-state index in [4.69, 9.17) is 21.1 Å². The van der Waals surface area contributed by atoms with Crippen molar-refractivity contribution in [1.82, 2.24) is 10.2 Å². The summed E-state index contributed by atoms with van der Waals surface area (Å²) in [6, 6.07) is 6.28. The Balaban J connectivity index is 1.36. The van der Waals surface area contributed by atoms with Gasteiger partial charge in [0.2, 0.25) is 5.91 Å². The second-order valence-electron chi connectivity index (χ2n) is 6.53. The van der Waals surface area contributed by atoms with Gasteiger partial charge in [-0.2, -0.15) is 0 Å². The molecular weight excluding hydrogens is 392 g/mol. The first-order chi connectivity index (χ1) is 12.9. The number of esters is 1. The molecule has 2 heterocycles. The van der Waals surface area contributed by atoms with Crippen LogP contribution in [0.25, 0.3) is 0 Å². The second-order valence-corrected chi connectivity index (χ2v) is 8.46. The van der Waals surface area contributed by atoms with Crippen LogP contribution in [0.15, 0.2) is 24.3 Å². The lowest BCUT2D eigenvalue weighted by atomic mass is 10.2. The summed E-state index contributed by atoms with van der Waals surface area (Å²) in [5.41, 5.74) is 0. The summed E-state index contributed by atoms with van der Waals surface area (Å²) >= 11 is 7.37. The molecule has 7 nitrogen and oxygen atoms in total. The number of hydrogen-bond donors (Lipinski definition) is 1. The number of thioether (sulfide) groups is 1. The molecule has 0 spiro atoms. The first-order valence-corrected chi connectivity index (χ1v) is 10.0. The minimum absolute atomic E-state index is 0.0340. The van der Waals surface area contributed by atoms with Crippen molar-refractivity contribution < 1.29 is 23.9 Å². The van der Waals surface area contributed by atoms with Crippen LogP contribution in [0.1, 0.15) is 19.8 Å². The van der Waals surface area contributed by atoms with Crippen LogP contribution in [0.4, 0.5) is 0 Å². The van der Waals surface area contributed by atoms with Crippen molar-refractivity contribution in [2.24, 2.45) is 0 Å². The van der Waals surface area contributed by atoms with E-state index in [1.807, 2.05) is 6.92 Å². The Morgan fingerprint density at radius 2 is 2.11 bits per heavy atom. The van der Waals surface area contributed by atoms with Crippen molar-refractivity contribution in [2.45, 2.75) is 30.7 Å². The van der Waals surface area contributed by atoms with Gasteiger partial charge in [0.15, 0.2) is 6.61 Å². The number of benzene rings is 1. The zero-order chi connectivity index (χ0) is 19.4. The molecule has 2 fully saturated rings. The molecule has 2 aliphatic heterocycles. The zero-order valence-electron chi connectivity index (χ0n) is 14.9. The Morgan fingerprint density at radius 3 is 2.85 bits per heavy atom. The second kappa shape index (κ2) is 8.39. The number of nitrogens with zero attached hydrogens (tertiary/aromatic N) is 1. The van der Waals surface area contributed by atoms with Gasteiger partial charge in [0.25, 0.3) is 5.91 Å². The topological polar surface area (TPSA) is 84.9 Å². The van der Waals surface area contributed by atoms with Crippen molar-refractivity contribution in [1.29, 1.82) is 0 Å². The van der Waals surface area contributed by atoms with E-state index >= 15 is 0 Å². The monoisotopic (exact) mass is 412 g/mol. The van der Waals surface area contributed by atoms with Crippen molar-refractivity contribution in [3.63, 3.8) is 0 Å². The molecule has 146 valence electrons. The fourth-order valence-corrected chi connectivity index (χ4v) is 4.71. The van der Waals surface area contributed by atoms with E-state index in [1.54, 1.807) is 40.9 Å². The lowest BCUT2D eigenvalue weighted by Gasteiger charge is -2.29. The standard InChI is InChI=1S/C18H21ClN2O5S/c1-18-7-6-16(23)21(18)14(11-27-18)17(24)26-10-15(22)20-8-9-25-13-4-2-12(19)3-5-13/h2-5,14H,6-11H2,1H3,(H,20,22)/t14-,18-/m0/s1. The van der Waals surface area contributed by atoms with Gasteiger partial charge in [0, 0.05) is 17.2 Å². The number of ether oxygens (including phenoxy) is 2. The van der Waals surface area contributed by atoms with Gasteiger partial charge in [-0.05, 0) is 37.6 Å². The van der Waals surface area contributed by atoms with E-state index in [0.717, 1.165) is 6.42 Å². The number of carbonyl (C=O) groups is 3. The Morgan fingerprint density at radius 1 is 1.37 bits per heavy atom. The smallest absolute Gasteiger partial charge is 0.330 e. The predicted octanol–water partition coefficient (Wildman–Crippen LogP) is 1.83. The van der Waals surface area contributed by atoms with Gasteiger partial charge < -0.3 is 19.7 Å². The summed E-state index contributed by atoms with van der Waals surface area (Å²) in [6.07, 6.45) is 1.18. The molecule has 2 atom stereocenters. The lowest BCUT2D eigenvalue weighted by Crippen LogP contribution is -2.47. The van der Waals surface area contributed by atoms with E-state index in [9.17, 15) is 14.4 Å². The molecule has 2 saturated heterocycles. The average molecular weight is 413 g/mol. The number of nitrogens with one attached hydrogen (secondary N) is 1. The molecule has 0 saturated carbocycles. The van der Waals surface area contributed by atoms with Crippen LogP contribution in [0.5, 0.6) is 5.75 Å². The Labute approximate surface area is 166 Å². The van der Waals surface area contributed by atoms with Crippen molar-refractivity contribution >= 4 is 41.1 Å². The molecule has 0 aliphatic carbocycles. The first-order valence-electron chi connectivity index (χ1n) is 8.67. The molecule has 1 aromatic rings. The van der Waals surface area contributed by atoms with Crippen LogP contribution in [-0.2, 0) is 19.1 Å². The molecule has 0 bridgehead atoms. The van der Waals surface area contributed by atoms with Crippen LogP contribution in [-0.4, -0.2) is 59.1 Å². The highest BCUT2D eigenvalue weighted by Crippen LogP contribution is 2.47. The molecule has 0 aromatic heterocycles. The third-order valence-corrected chi connectivity index (χ3v) is 6.33. The highest BCUT2D eigenvalue weighted by Gasteiger charge is 2.53. The van der Waals surface area contributed by atoms with Gasteiger partial charge in [-0.1, -0.05) is 11.6 Å². The van der Waals surface area contributed by atoms with Crippen molar-refractivity contribution in [3.8, 4) is 5.75 Å². The van der Waals surface area contributed by atoms with E-state index in [-0.39, 0.29) is 30.5 Å². The van der Waals surface area contributed by atoms with Gasteiger partial charge in [-0.15, -0.1) is 11.8 Å². The van der Waals surface area contributed by atoms with Gasteiger partial charge in [-0.3, -0.25) is 9.59 Å². The van der Waals surface area contributed by atoms with Crippen LogP contribution in [0, 0.1) is 0 Å². The summed E-state index contributed by atoms with van der Waals surface area (Å²) < 4.78 is 10.6. The number of rotatable bonds is 7. The van der Waals surface area contributed by atoms with Gasteiger partial charge in [0.05, 0.1) is 11.4 Å². The molecule has 27 heavy (non-hydrogen) atoms. The maximum Gasteiger partial charge on any atom is 0.330 e. The maximum atomic E-state index is 12.3. The molecular formula is C18H21ClN2O5S. The van der Waals surface area contributed by atoms with E-state index in [0.29, 0.717) is 22.9 Å². The SMILES string of the molecule is C[C@]12CCC(=O)N1[C@H](C(=O)OCC(=O)NCCOc1ccc(Cl)cc1)CS2. The maximum absolute atomic E-state index is 12.3. The highest BCUT2D eigenvalue weighted by molar-refractivity contribution is 8.01.